The van der Waals surface area contributed by atoms with Gasteiger partial charge in [-0.3, -0.25) is 0 Å². The number of hydrogen-bond donors (Lipinski definition) is 0. The second-order valence-corrected chi connectivity index (χ2v) is 2.39. The standard InChI is InChI=1S/C9H4F2N2O/c10-6-2-1-3-7(11)9(6)8(4-12)13-5-14/h1-3,8H. The molecule has 1 atom stereocenters. The van der Waals surface area contributed by atoms with E-state index in [9.17, 15) is 13.6 Å². The SMILES string of the molecule is N#CC(N=C=O)c1c(F)cccc1F. The highest BCUT2D eigenvalue weighted by Gasteiger charge is 2.18. The molecule has 0 heterocycles. The van der Waals surface area contributed by atoms with Gasteiger partial charge in [0.25, 0.3) is 0 Å². The Bertz CT molecular complexity index is 413. The number of halogens is 2. The zero-order chi connectivity index (χ0) is 10.6. The molecule has 1 unspecified atom stereocenters. The Kier molecular flexibility index (Phi) is 3.05. The Balaban J connectivity index is 3.30. The van der Waals surface area contributed by atoms with Gasteiger partial charge >= 0.3 is 0 Å². The van der Waals surface area contributed by atoms with E-state index in [1.807, 2.05) is 0 Å². The summed E-state index contributed by atoms with van der Waals surface area (Å²) in [4.78, 5) is 12.9. The largest absolute Gasteiger partial charge is 0.236 e. The molecule has 0 fully saturated rings. The van der Waals surface area contributed by atoms with Crippen LogP contribution in [0.5, 0.6) is 0 Å². The molecular formula is C9H4F2N2O. The Morgan fingerprint density at radius 3 is 2.36 bits per heavy atom. The summed E-state index contributed by atoms with van der Waals surface area (Å²) in [5, 5.41) is 8.50. The van der Waals surface area contributed by atoms with Gasteiger partial charge in [-0.15, -0.1) is 0 Å². The van der Waals surface area contributed by atoms with Crippen LogP contribution < -0.4 is 0 Å². The van der Waals surface area contributed by atoms with Crippen molar-refractivity contribution in [3.8, 4) is 6.07 Å². The average molecular weight is 194 g/mol. The molecule has 5 heteroatoms. The van der Waals surface area contributed by atoms with Gasteiger partial charge in [0.2, 0.25) is 6.08 Å². The zero-order valence-electron chi connectivity index (χ0n) is 6.87. The topological polar surface area (TPSA) is 53.2 Å². The minimum Gasteiger partial charge on any atom is -0.211 e. The summed E-state index contributed by atoms with van der Waals surface area (Å²) in [6, 6.07) is 3.15. The Morgan fingerprint density at radius 1 is 1.36 bits per heavy atom. The third-order valence-corrected chi connectivity index (χ3v) is 1.58. The Hall–Kier alpha value is -2.05. The van der Waals surface area contributed by atoms with Crippen LogP contribution in [0.2, 0.25) is 0 Å². The summed E-state index contributed by atoms with van der Waals surface area (Å²) in [7, 11) is 0. The smallest absolute Gasteiger partial charge is 0.211 e. The van der Waals surface area contributed by atoms with E-state index in [0.717, 1.165) is 24.3 Å². The van der Waals surface area contributed by atoms with Gasteiger partial charge in [0.05, 0.1) is 11.6 Å². The van der Waals surface area contributed by atoms with Gasteiger partial charge in [-0.05, 0) is 12.1 Å². The molecule has 0 N–H and O–H groups in total. The second kappa shape index (κ2) is 4.26. The van der Waals surface area contributed by atoms with Gasteiger partial charge in [0.1, 0.15) is 11.6 Å². The Labute approximate surface area is 78.3 Å². The number of hydrogen-bond acceptors (Lipinski definition) is 3. The van der Waals surface area contributed by atoms with Gasteiger partial charge in [0, 0.05) is 0 Å². The number of carbonyl (C=O) groups excluding carboxylic acids is 1. The van der Waals surface area contributed by atoms with Crippen molar-refractivity contribution in [1.29, 1.82) is 5.26 Å². The van der Waals surface area contributed by atoms with Crippen LogP contribution in [0, 0.1) is 23.0 Å². The number of nitrogens with zero attached hydrogens (tertiary/aromatic N) is 2. The predicted octanol–water partition coefficient (Wildman–Crippen LogP) is 1.87. The minimum absolute atomic E-state index is 0.529. The van der Waals surface area contributed by atoms with Crippen molar-refractivity contribution in [2.75, 3.05) is 0 Å². The normalized spacial score (nSPS) is 11.2. The summed E-state index contributed by atoms with van der Waals surface area (Å²) < 4.78 is 26.1. The lowest BCUT2D eigenvalue weighted by atomic mass is 10.1. The highest BCUT2D eigenvalue weighted by Crippen LogP contribution is 2.22. The van der Waals surface area contributed by atoms with Gasteiger partial charge in [-0.25, -0.2) is 13.6 Å². The van der Waals surface area contributed by atoms with Crippen LogP contribution in [0.15, 0.2) is 23.2 Å². The molecule has 0 spiro atoms. The third-order valence-electron chi connectivity index (χ3n) is 1.58. The highest BCUT2D eigenvalue weighted by atomic mass is 19.1. The molecule has 0 aliphatic carbocycles. The van der Waals surface area contributed by atoms with Gasteiger partial charge in [-0.2, -0.15) is 10.3 Å². The molecule has 1 aromatic carbocycles. The molecule has 0 aliphatic heterocycles. The lowest BCUT2D eigenvalue weighted by molar-refractivity contribution is 0.541. The molecule has 0 saturated carbocycles. The molecule has 14 heavy (non-hydrogen) atoms. The van der Waals surface area contributed by atoms with Gasteiger partial charge in [0.15, 0.2) is 6.04 Å². The molecule has 70 valence electrons. The molecule has 0 radical (unpaired) electrons. The monoisotopic (exact) mass is 194 g/mol. The van der Waals surface area contributed by atoms with E-state index in [4.69, 9.17) is 5.26 Å². The maximum Gasteiger partial charge on any atom is 0.236 e. The average Bonchev–Trinajstić information content (AvgIpc) is 2.16. The number of rotatable bonds is 2. The fourth-order valence-corrected chi connectivity index (χ4v) is 0.983. The maximum absolute atomic E-state index is 13.0. The van der Waals surface area contributed by atoms with E-state index in [2.05, 4.69) is 4.99 Å². The first-order valence-corrected chi connectivity index (χ1v) is 3.61. The molecule has 0 saturated heterocycles. The summed E-state index contributed by atoms with van der Waals surface area (Å²) in [6.07, 6.45) is 1.09. The quantitative estimate of drug-likeness (QED) is 0.533. The third kappa shape index (κ3) is 1.82. The summed E-state index contributed by atoms with van der Waals surface area (Å²) in [6.45, 7) is 0. The highest BCUT2D eigenvalue weighted by molar-refractivity contribution is 5.38. The first kappa shape index (κ1) is 10.0. The van der Waals surface area contributed by atoms with Gasteiger partial charge < -0.3 is 0 Å². The Morgan fingerprint density at radius 2 is 1.93 bits per heavy atom. The summed E-state index contributed by atoms with van der Waals surface area (Å²) in [5.41, 5.74) is -0.529. The van der Waals surface area contributed by atoms with Crippen LogP contribution in [0.4, 0.5) is 8.78 Å². The molecule has 0 aliphatic rings. The van der Waals surface area contributed by atoms with Crippen LogP contribution >= 0.6 is 0 Å². The molecule has 3 nitrogen and oxygen atoms in total. The number of aliphatic imine (C=N–C) groups is 1. The lowest BCUT2D eigenvalue weighted by Gasteiger charge is -2.04. The van der Waals surface area contributed by atoms with Crippen LogP contribution in [-0.4, -0.2) is 6.08 Å². The fraction of sp³-hybridized carbons (Fsp3) is 0.111. The number of isocyanates is 1. The van der Waals surface area contributed by atoms with Gasteiger partial charge in [-0.1, -0.05) is 6.07 Å². The summed E-state index contributed by atoms with van der Waals surface area (Å²) >= 11 is 0. The first-order valence-electron chi connectivity index (χ1n) is 3.61. The second-order valence-electron chi connectivity index (χ2n) is 2.39. The van der Waals surface area contributed by atoms with Crippen LogP contribution in [0.3, 0.4) is 0 Å². The van der Waals surface area contributed by atoms with E-state index >= 15 is 0 Å². The molecule has 1 rings (SSSR count). The number of nitriles is 1. The van der Waals surface area contributed by atoms with Crippen molar-refractivity contribution in [3.05, 3.63) is 35.4 Å². The van der Waals surface area contributed by atoms with E-state index in [1.54, 1.807) is 0 Å². The molecule has 1 aromatic rings. The van der Waals surface area contributed by atoms with Crippen molar-refractivity contribution in [2.24, 2.45) is 4.99 Å². The zero-order valence-corrected chi connectivity index (χ0v) is 6.87. The molecule has 0 aromatic heterocycles. The minimum atomic E-state index is -1.48. The summed E-state index contributed by atoms with van der Waals surface area (Å²) in [5.74, 6) is -1.81. The van der Waals surface area contributed by atoms with Crippen LogP contribution in [0.25, 0.3) is 0 Å². The van der Waals surface area contributed by atoms with E-state index < -0.39 is 23.2 Å². The van der Waals surface area contributed by atoms with Crippen LogP contribution in [-0.2, 0) is 4.79 Å². The van der Waals surface area contributed by atoms with Crippen molar-refractivity contribution >= 4 is 6.08 Å². The van der Waals surface area contributed by atoms with E-state index in [1.165, 1.54) is 6.07 Å². The van der Waals surface area contributed by atoms with Crippen molar-refractivity contribution < 1.29 is 13.6 Å². The van der Waals surface area contributed by atoms with Crippen LogP contribution in [0.1, 0.15) is 11.6 Å². The van der Waals surface area contributed by atoms with Crippen molar-refractivity contribution in [3.63, 3.8) is 0 Å². The van der Waals surface area contributed by atoms with Crippen molar-refractivity contribution in [2.45, 2.75) is 6.04 Å². The van der Waals surface area contributed by atoms with E-state index in [-0.39, 0.29) is 0 Å². The molecule has 0 bridgehead atoms. The molecular weight excluding hydrogens is 190 g/mol. The first-order chi connectivity index (χ1) is 6.70. The fourth-order valence-electron chi connectivity index (χ4n) is 0.983. The van der Waals surface area contributed by atoms with E-state index in [0.29, 0.717) is 0 Å². The molecule has 0 amide bonds. The maximum atomic E-state index is 13.0. The van der Waals surface area contributed by atoms with Crippen molar-refractivity contribution in [1.82, 2.24) is 0 Å². The lowest BCUT2D eigenvalue weighted by Crippen LogP contribution is -2.00. The predicted molar refractivity (Wildman–Crippen MR) is 42.8 cm³/mol. The number of benzene rings is 1.